The van der Waals surface area contributed by atoms with Crippen LogP contribution in [0.15, 0.2) is 0 Å². The van der Waals surface area contributed by atoms with E-state index in [-0.39, 0.29) is 17.2 Å². The molecular weight excluding hydrogens is 228 g/mol. The SMILES string of the molecule is Cc1nc(CN(C)C(=O)C2CCCC2(C)C)n[nH]1. The lowest BCUT2D eigenvalue weighted by Gasteiger charge is -2.29. The fourth-order valence-electron chi connectivity index (χ4n) is 2.80. The van der Waals surface area contributed by atoms with Crippen LogP contribution in [-0.4, -0.2) is 33.0 Å². The van der Waals surface area contributed by atoms with E-state index in [1.165, 1.54) is 0 Å². The molecule has 0 aromatic carbocycles. The molecule has 0 aliphatic heterocycles. The second-order valence-corrected chi connectivity index (χ2v) is 5.96. The molecule has 5 heteroatoms. The molecule has 1 heterocycles. The molecule has 1 aromatic heterocycles. The number of hydrogen-bond acceptors (Lipinski definition) is 3. The quantitative estimate of drug-likeness (QED) is 0.891. The van der Waals surface area contributed by atoms with Crippen LogP contribution in [0.5, 0.6) is 0 Å². The molecule has 0 saturated heterocycles. The van der Waals surface area contributed by atoms with Crippen molar-refractivity contribution in [1.82, 2.24) is 20.1 Å². The molecule has 1 unspecified atom stereocenters. The summed E-state index contributed by atoms with van der Waals surface area (Å²) in [5.74, 6) is 1.83. The molecule has 0 spiro atoms. The van der Waals surface area contributed by atoms with Gasteiger partial charge in [-0.05, 0) is 25.2 Å². The van der Waals surface area contributed by atoms with Crippen molar-refractivity contribution in [2.24, 2.45) is 11.3 Å². The fourth-order valence-corrected chi connectivity index (χ4v) is 2.80. The number of aromatic nitrogens is 3. The molecule has 1 saturated carbocycles. The van der Waals surface area contributed by atoms with Gasteiger partial charge in [-0.25, -0.2) is 4.98 Å². The molecule has 100 valence electrons. The van der Waals surface area contributed by atoms with Crippen LogP contribution in [0, 0.1) is 18.3 Å². The molecule has 1 aliphatic carbocycles. The topological polar surface area (TPSA) is 61.9 Å². The number of hydrogen-bond donors (Lipinski definition) is 1. The standard InChI is InChI=1S/C13H22N4O/c1-9-14-11(16-15-9)8-17(4)12(18)10-6-5-7-13(10,2)3/h10H,5-8H2,1-4H3,(H,14,15,16). The van der Waals surface area contributed by atoms with Gasteiger partial charge in [-0.1, -0.05) is 20.3 Å². The van der Waals surface area contributed by atoms with E-state index in [0.717, 1.165) is 25.1 Å². The van der Waals surface area contributed by atoms with Gasteiger partial charge in [-0.15, -0.1) is 0 Å². The van der Waals surface area contributed by atoms with Crippen molar-refractivity contribution in [2.75, 3.05) is 7.05 Å². The highest BCUT2D eigenvalue weighted by Gasteiger charge is 2.40. The van der Waals surface area contributed by atoms with E-state index < -0.39 is 0 Å². The predicted octanol–water partition coefficient (Wildman–Crippen LogP) is 1.90. The Morgan fingerprint density at radius 2 is 2.28 bits per heavy atom. The number of carbonyl (C=O) groups is 1. The van der Waals surface area contributed by atoms with Crippen molar-refractivity contribution in [1.29, 1.82) is 0 Å². The van der Waals surface area contributed by atoms with Crippen LogP contribution < -0.4 is 0 Å². The third-order valence-corrected chi connectivity index (χ3v) is 3.95. The van der Waals surface area contributed by atoms with Gasteiger partial charge in [0.05, 0.1) is 6.54 Å². The zero-order chi connectivity index (χ0) is 13.3. The smallest absolute Gasteiger partial charge is 0.226 e. The highest BCUT2D eigenvalue weighted by atomic mass is 16.2. The van der Waals surface area contributed by atoms with Crippen LogP contribution in [0.1, 0.15) is 44.8 Å². The van der Waals surface area contributed by atoms with Crippen molar-refractivity contribution in [3.8, 4) is 0 Å². The van der Waals surface area contributed by atoms with Gasteiger partial charge >= 0.3 is 0 Å². The van der Waals surface area contributed by atoms with Crippen LogP contribution in [-0.2, 0) is 11.3 Å². The van der Waals surface area contributed by atoms with Gasteiger partial charge < -0.3 is 4.90 Å². The molecule has 5 nitrogen and oxygen atoms in total. The van der Waals surface area contributed by atoms with Crippen molar-refractivity contribution < 1.29 is 4.79 Å². The molecule has 2 rings (SSSR count). The molecule has 1 fully saturated rings. The van der Waals surface area contributed by atoms with Crippen LogP contribution >= 0.6 is 0 Å². The van der Waals surface area contributed by atoms with Crippen molar-refractivity contribution >= 4 is 5.91 Å². The molecular formula is C13H22N4O. The number of nitrogens with zero attached hydrogens (tertiary/aromatic N) is 3. The van der Waals surface area contributed by atoms with Crippen LogP contribution in [0.4, 0.5) is 0 Å². The number of H-pyrrole nitrogens is 1. The largest absolute Gasteiger partial charge is 0.338 e. The zero-order valence-electron chi connectivity index (χ0n) is 11.7. The van der Waals surface area contributed by atoms with E-state index in [0.29, 0.717) is 12.4 Å². The average Bonchev–Trinajstić information content (AvgIpc) is 2.83. The van der Waals surface area contributed by atoms with Gasteiger partial charge in [-0.2, -0.15) is 5.10 Å². The number of aromatic amines is 1. The Balaban J connectivity index is 2.01. The Labute approximate surface area is 108 Å². The minimum absolute atomic E-state index is 0.125. The van der Waals surface area contributed by atoms with Crippen LogP contribution in [0.2, 0.25) is 0 Å². The van der Waals surface area contributed by atoms with Gasteiger partial charge in [-0.3, -0.25) is 9.89 Å². The molecule has 1 atom stereocenters. The Morgan fingerprint density at radius 1 is 1.56 bits per heavy atom. The Morgan fingerprint density at radius 3 is 2.78 bits per heavy atom. The van der Waals surface area contributed by atoms with E-state index in [1.807, 2.05) is 14.0 Å². The van der Waals surface area contributed by atoms with E-state index >= 15 is 0 Å². The maximum absolute atomic E-state index is 12.4. The molecule has 1 amide bonds. The lowest BCUT2D eigenvalue weighted by atomic mass is 9.81. The van der Waals surface area contributed by atoms with Gasteiger partial charge in [0.1, 0.15) is 5.82 Å². The van der Waals surface area contributed by atoms with E-state index in [9.17, 15) is 4.79 Å². The summed E-state index contributed by atoms with van der Waals surface area (Å²) in [6.45, 7) is 6.72. The average molecular weight is 250 g/mol. The second-order valence-electron chi connectivity index (χ2n) is 5.96. The highest BCUT2D eigenvalue weighted by molar-refractivity contribution is 5.79. The third-order valence-electron chi connectivity index (χ3n) is 3.95. The zero-order valence-corrected chi connectivity index (χ0v) is 11.7. The molecule has 0 bridgehead atoms. The van der Waals surface area contributed by atoms with E-state index in [2.05, 4.69) is 29.0 Å². The van der Waals surface area contributed by atoms with Gasteiger partial charge in [0.15, 0.2) is 5.82 Å². The first-order valence-electron chi connectivity index (χ1n) is 6.53. The van der Waals surface area contributed by atoms with Crippen LogP contribution in [0.3, 0.4) is 0 Å². The number of carbonyl (C=O) groups excluding carboxylic acids is 1. The lowest BCUT2D eigenvalue weighted by Crippen LogP contribution is -2.37. The molecule has 18 heavy (non-hydrogen) atoms. The molecule has 0 radical (unpaired) electrons. The van der Waals surface area contributed by atoms with E-state index in [1.54, 1.807) is 4.90 Å². The minimum Gasteiger partial charge on any atom is -0.338 e. The first-order chi connectivity index (χ1) is 8.40. The van der Waals surface area contributed by atoms with E-state index in [4.69, 9.17) is 0 Å². The van der Waals surface area contributed by atoms with Gasteiger partial charge in [0.25, 0.3) is 0 Å². The second kappa shape index (κ2) is 4.71. The Kier molecular flexibility index (Phi) is 3.41. The summed E-state index contributed by atoms with van der Waals surface area (Å²) < 4.78 is 0. The normalized spacial score (nSPS) is 22.1. The third kappa shape index (κ3) is 2.54. The summed E-state index contributed by atoms with van der Waals surface area (Å²) in [6.07, 6.45) is 3.29. The summed E-state index contributed by atoms with van der Waals surface area (Å²) in [4.78, 5) is 18.4. The predicted molar refractivity (Wildman–Crippen MR) is 68.7 cm³/mol. The molecule has 1 aliphatic rings. The Hall–Kier alpha value is -1.39. The highest BCUT2D eigenvalue weighted by Crippen LogP contribution is 2.43. The maximum atomic E-state index is 12.4. The van der Waals surface area contributed by atoms with Gasteiger partial charge in [0, 0.05) is 13.0 Å². The summed E-state index contributed by atoms with van der Waals surface area (Å²) in [5, 5.41) is 6.87. The number of nitrogens with one attached hydrogen (secondary N) is 1. The Bertz CT molecular complexity index is 438. The summed E-state index contributed by atoms with van der Waals surface area (Å²) in [5.41, 5.74) is 0.125. The van der Waals surface area contributed by atoms with Crippen molar-refractivity contribution in [2.45, 2.75) is 46.6 Å². The lowest BCUT2D eigenvalue weighted by molar-refractivity contribution is -0.137. The van der Waals surface area contributed by atoms with Gasteiger partial charge in [0.2, 0.25) is 5.91 Å². The van der Waals surface area contributed by atoms with Crippen molar-refractivity contribution in [3.63, 3.8) is 0 Å². The number of rotatable bonds is 3. The monoisotopic (exact) mass is 250 g/mol. The summed E-state index contributed by atoms with van der Waals surface area (Å²) in [6, 6.07) is 0. The minimum atomic E-state index is 0.125. The molecule has 1 aromatic rings. The first-order valence-corrected chi connectivity index (χ1v) is 6.53. The van der Waals surface area contributed by atoms with Crippen molar-refractivity contribution in [3.05, 3.63) is 11.6 Å². The number of aryl methyl sites for hydroxylation is 1. The summed E-state index contributed by atoms with van der Waals surface area (Å²) >= 11 is 0. The molecule has 1 N–H and O–H groups in total. The number of amides is 1. The van der Waals surface area contributed by atoms with Crippen LogP contribution in [0.25, 0.3) is 0 Å². The maximum Gasteiger partial charge on any atom is 0.226 e. The fraction of sp³-hybridized carbons (Fsp3) is 0.769. The first kappa shape index (κ1) is 13.1. The summed E-state index contributed by atoms with van der Waals surface area (Å²) in [7, 11) is 1.84.